The van der Waals surface area contributed by atoms with Crippen molar-refractivity contribution in [2.24, 2.45) is 5.10 Å². The highest BCUT2D eigenvalue weighted by Gasteiger charge is 2.16. The third-order valence-corrected chi connectivity index (χ3v) is 3.40. The molecule has 0 saturated carbocycles. The van der Waals surface area contributed by atoms with Gasteiger partial charge in [-0.25, -0.2) is 0 Å². The number of aryl methyl sites for hydroxylation is 2. The SMILES string of the molecule is Cc1cc([N+](=O)[O-])c(C)cc1-c1ccc(/C=N/n2nnnc2N)o1. The van der Waals surface area contributed by atoms with Crippen LogP contribution < -0.4 is 5.73 Å². The van der Waals surface area contributed by atoms with Crippen LogP contribution in [-0.2, 0) is 0 Å². The lowest BCUT2D eigenvalue weighted by molar-refractivity contribution is -0.385. The lowest BCUT2D eigenvalue weighted by Gasteiger charge is -2.05. The van der Waals surface area contributed by atoms with Gasteiger partial charge in [-0.15, -0.1) is 0 Å². The van der Waals surface area contributed by atoms with Gasteiger partial charge in [-0.1, -0.05) is 9.89 Å². The van der Waals surface area contributed by atoms with Gasteiger partial charge < -0.3 is 10.2 Å². The molecule has 0 radical (unpaired) electrons. The molecule has 0 spiro atoms. The van der Waals surface area contributed by atoms with Crippen molar-refractivity contribution in [2.75, 3.05) is 5.73 Å². The molecule has 0 aliphatic heterocycles. The fourth-order valence-corrected chi connectivity index (χ4v) is 2.21. The fourth-order valence-electron chi connectivity index (χ4n) is 2.21. The number of anilines is 1. The molecule has 10 heteroatoms. The number of nitrogen functional groups attached to an aromatic ring is 1. The van der Waals surface area contributed by atoms with Gasteiger partial charge in [-0.3, -0.25) is 10.1 Å². The van der Waals surface area contributed by atoms with Gasteiger partial charge in [0.15, 0.2) is 0 Å². The number of aromatic nitrogens is 4. The minimum atomic E-state index is -0.400. The molecule has 10 nitrogen and oxygen atoms in total. The zero-order valence-corrected chi connectivity index (χ0v) is 12.9. The van der Waals surface area contributed by atoms with Crippen molar-refractivity contribution in [3.63, 3.8) is 0 Å². The summed E-state index contributed by atoms with van der Waals surface area (Å²) < 4.78 is 5.70. The molecule has 24 heavy (non-hydrogen) atoms. The normalized spacial score (nSPS) is 11.2. The monoisotopic (exact) mass is 327 g/mol. The smallest absolute Gasteiger partial charge is 0.272 e. The maximum absolute atomic E-state index is 11.0. The van der Waals surface area contributed by atoms with Crippen LogP contribution in [0.1, 0.15) is 16.9 Å². The number of rotatable bonds is 4. The van der Waals surface area contributed by atoms with Gasteiger partial charge in [0.25, 0.3) is 11.6 Å². The highest BCUT2D eigenvalue weighted by Crippen LogP contribution is 2.30. The molecular formula is C14H13N7O3. The highest BCUT2D eigenvalue weighted by atomic mass is 16.6. The standard InChI is InChI=1S/C14H13N7O3/c1-8-6-12(21(22)23)9(2)5-11(8)13-4-3-10(24-13)7-16-20-14(15)17-18-19-20/h3-7H,1-2H3,(H2,15,17,19)/b16-7+. The Morgan fingerprint density at radius 1 is 1.33 bits per heavy atom. The Labute approximate surface area is 135 Å². The van der Waals surface area contributed by atoms with E-state index in [1.807, 2.05) is 0 Å². The number of hydrogen-bond donors (Lipinski definition) is 1. The number of nitrogens with two attached hydrogens (primary N) is 1. The summed E-state index contributed by atoms with van der Waals surface area (Å²) in [6, 6.07) is 6.74. The number of furan rings is 1. The predicted octanol–water partition coefficient (Wildman–Crippen LogP) is 1.92. The minimum Gasteiger partial charge on any atom is -0.455 e. The van der Waals surface area contributed by atoms with E-state index in [1.54, 1.807) is 32.0 Å². The molecule has 0 bridgehead atoms. The van der Waals surface area contributed by atoms with Crippen molar-refractivity contribution in [3.8, 4) is 11.3 Å². The van der Waals surface area contributed by atoms with E-state index in [-0.39, 0.29) is 11.6 Å². The van der Waals surface area contributed by atoms with E-state index in [1.165, 1.54) is 12.3 Å². The van der Waals surface area contributed by atoms with Crippen LogP contribution in [0.4, 0.5) is 11.6 Å². The molecule has 0 saturated heterocycles. The molecule has 2 aromatic heterocycles. The van der Waals surface area contributed by atoms with Crippen molar-refractivity contribution < 1.29 is 9.34 Å². The third-order valence-electron chi connectivity index (χ3n) is 3.40. The van der Waals surface area contributed by atoms with Gasteiger partial charge in [0, 0.05) is 17.2 Å². The Morgan fingerprint density at radius 3 is 2.79 bits per heavy atom. The van der Waals surface area contributed by atoms with E-state index in [4.69, 9.17) is 10.2 Å². The summed E-state index contributed by atoms with van der Waals surface area (Å²) in [6.45, 7) is 3.48. The molecule has 0 amide bonds. The van der Waals surface area contributed by atoms with Crippen molar-refractivity contribution in [3.05, 3.63) is 51.3 Å². The first-order chi connectivity index (χ1) is 11.5. The summed E-state index contributed by atoms with van der Waals surface area (Å²) in [5, 5.41) is 25.4. The molecule has 2 heterocycles. The first-order valence-electron chi connectivity index (χ1n) is 6.90. The number of tetrazole rings is 1. The van der Waals surface area contributed by atoms with E-state index < -0.39 is 4.92 Å². The van der Waals surface area contributed by atoms with Crippen LogP contribution >= 0.6 is 0 Å². The van der Waals surface area contributed by atoms with Gasteiger partial charge in [-0.05, 0) is 48.0 Å². The first-order valence-corrected chi connectivity index (χ1v) is 6.90. The number of nitro groups is 1. The summed E-state index contributed by atoms with van der Waals surface area (Å²) in [4.78, 5) is 11.6. The second-order valence-electron chi connectivity index (χ2n) is 5.08. The van der Waals surface area contributed by atoms with Gasteiger partial charge in [0.2, 0.25) is 0 Å². The van der Waals surface area contributed by atoms with E-state index >= 15 is 0 Å². The van der Waals surface area contributed by atoms with Crippen molar-refractivity contribution >= 4 is 17.9 Å². The molecule has 0 fully saturated rings. The lowest BCUT2D eigenvalue weighted by atomic mass is 10.0. The second-order valence-corrected chi connectivity index (χ2v) is 5.08. The van der Waals surface area contributed by atoms with Crippen LogP contribution in [0.3, 0.4) is 0 Å². The third kappa shape index (κ3) is 2.84. The molecule has 0 unspecified atom stereocenters. The lowest BCUT2D eigenvalue weighted by Crippen LogP contribution is -1.99. The maximum atomic E-state index is 11.0. The number of nitrogens with zero attached hydrogens (tertiary/aromatic N) is 6. The number of benzene rings is 1. The van der Waals surface area contributed by atoms with Crippen molar-refractivity contribution in [2.45, 2.75) is 13.8 Å². The Kier molecular flexibility index (Phi) is 3.78. The van der Waals surface area contributed by atoms with Crippen molar-refractivity contribution in [1.82, 2.24) is 20.3 Å². The zero-order valence-electron chi connectivity index (χ0n) is 12.9. The maximum Gasteiger partial charge on any atom is 0.272 e. The summed E-state index contributed by atoms with van der Waals surface area (Å²) >= 11 is 0. The Hall–Kier alpha value is -3.56. The van der Waals surface area contributed by atoms with Crippen molar-refractivity contribution in [1.29, 1.82) is 0 Å². The fraction of sp³-hybridized carbons (Fsp3) is 0.143. The van der Waals surface area contributed by atoms with E-state index in [2.05, 4.69) is 20.6 Å². The quantitative estimate of drug-likeness (QED) is 0.438. The van der Waals surface area contributed by atoms with Crippen LogP contribution in [0.5, 0.6) is 0 Å². The molecule has 3 aromatic rings. The predicted molar refractivity (Wildman–Crippen MR) is 85.5 cm³/mol. The van der Waals surface area contributed by atoms with Crippen LogP contribution in [0, 0.1) is 24.0 Å². The molecule has 0 atom stereocenters. The average molecular weight is 327 g/mol. The molecule has 1 aromatic carbocycles. The molecule has 0 aliphatic rings. The van der Waals surface area contributed by atoms with E-state index in [9.17, 15) is 10.1 Å². The number of nitro benzene ring substituents is 1. The van der Waals surface area contributed by atoms with Crippen LogP contribution in [0.2, 0.25) is 0 Å². The largest absolute Gasteiger partial charge is 0.455 e. The molecular weight excluding hydrogens is 314 g/mol. The number of hydrogen-bond acceptors (Lipinski definition) is 8. The molecule has 0 aliphatic carbocycles. The highest BCUT2D eigenvalue weighted by molar-refractivity contribution is 5.78. The molecule has 122 valence electrons. The van der Waals surface area contributed by atoms with Gasteiger partial charge in [-0.2, -0.15) is 5.10 Å². The molecule has 2 N–H and O–H groups in total. The Bertz CT molecular complexity index is 942. The average Bonchev–Trinajstić information content (AvgIpc) is 3.16. The first kappa shape index (κ1) is 15.3. The topological polar surface area (TPSA) is 138 Å². The van der Waals surface area contributed by atoms with Gasteiger partial charge in [0.05, 0.1) is 11.1 Å². The van der Waals surface area contributed by atoms with Crippen LogP contribution in [-0.4, -0.2) is 31.5 Å². The molecule has 3 rings (SSSR count). The second kappa shape index (κ2) is 5.91. The van der Waals surface area contributed by atoms with Gasteiger partial charge in [0.1, 0.15) is 11.5 Å². The summed E-state index contributed by atoms with van der Waals surface area (Å²) in [7, 11) is 0. The summed E-state index contributed by atoms with van der Waals surface area (Å²) in [6.07, 6.45) is 1.42. The minimum absolute atomic E-state index is 0.0554. The van der Waals surface area contributed by atoms with Crippen LogP contribution in [0.25, 0.3) is 11.3 Å². The van der Waals surface area contributed by atoms with E-state index in [0.717, 1.165) is 15.9 Å². The van der Waals surface area contributed by atoms with E-state index in [0.29, 0.717) is 17.1 Å². The summed E-state index contributed by atoms with van der Waals surface area (Å²) in [5.74, 6) is 1.10. The zero-order chi connectivity index (χ0) is 17.3. The Balaban J connectivity index is 1.91. The Morgan fingerprint density at radius 2 is 2.12 bits per heavy atom. The summed E-state index contributed by atoms with van der Waals surface area (Å²) in [5.41, 5.74) is 7.67. The van der Waals surface area contributed by atoms with Crippen LogP contribution in [0.15, 0.2) is 33.8 Å². The van der Waals surface area contributed by atoms with Gasteiger partial charge >= 0.3 is 0 Å².